The molecule has 0 saturated carbocycles. The van der Waals surface area contributed by atoms with Gasteiger partial charge < -0.3 is 15.0 Å². The standard InChI is InChI=1S/C26H37F3N4O5S3/c1-3-32(4-2)17-21-18-33(14-15-38-21)13-12-20(19-39-22-8-6-5-7-9-22)31-24-11-10-23(41(30,36)37)16-25(24)40(34,35)26(27,28)29/h5-11,16,20-21,31H,3-4,12-15,17-19H2,1-2H3,(H2,30,36,37)/t20-,21?/m1/s1. The number of nitrogens with zero attached hydrogens (tertiary/aromatic N) is 2. The monoisotopic (exact) mass is 638 g/mol. The van der Waals surface area contributed by atoms with Crippen molar-refractivity contribution in [3.8, 4) is 0 Å². The molecule has 41 heavy (non-hydrogen) atoms. The van der Waals surface area contributed by atoms with Crippen LogP contribution >= 0.6 is 11.8 Å². The molecule has 1 unspecified atom stereocenters. The van der Waals surface area contributed by atoms with Crippen molar-refractivity contribution >= 4 is 37.3 Å². The molecule has 0 radical (unpaired) electrons. The van der Waals surface area contributed by atoms with Gasteiger partial charge in [-0.05, 0) is 49.8 Å². The number of hydrogen-bond donors (Lipinski definition) is 2. The van der Waals surface area contributed by atoms with Crippen molar-refractivity contribution in [3.05, 3.63) is 48.5 Å². The smallest absolute Gasteiger partial charge is 0.380 e. The summed E-state index contributed by atoms with van der Waals surface area (Å²) in [5, 5.41) is 8.06. The van der Waals surface area contributed by atoms with Gasteiger partial charge in [-0.3, -0.25) is 4.90 Å². The number of rotatable bonds is 14. The molecule has 0 aliphatic carbocycles. The highest BCUT2D eigenvalue weighted by molar-refractivity contribution is 7.99. The molecule has 1 aliphatic rings. The molecule has 3 rings (SSSR count). The number of sulfone groups is 1. The summed E-state index contributed by atoms with van der Waals surface area (Å²) in [5.41, 5.74) is -5.97. The lowest BCUT2D eigenvalue weighted by Crippen LogP contribution is -2.48. The summed E-state index contributed by atoms with van der Waals surface area (Å²) in [6, 6.07) is 11.4. The number of nitrogens with one attached hydrogen (secondary N) is 1. The number of primary sulfonamides is 1. The summed E-state index contributed by atoms with van der Waals surface area (Å²) < 4.78 is 95.3. The van der Waals surface area contributed by atoms with Crippen LogP contribution in [0.2, 0.25) is 0 Å². The van der Waals surface area contributed by atoms with Crippen molar-refractivity contribution in [1.82, 2.24) is 9.80 Å². The number of likely N-dealkylation sites (N-methyl/N-ethyl adjacent to an activating group) is 1. The molecular weight excluding hydrogens is 602 g/mol. The van der Waals surface area contributed by atoms with Gasteiger partial charge in [0.2, 0.25) is 10.0 Å². The van der Waals surface area contributed by atoms with E-state index in [0.29, 0.717) is 44.5 Å². The SMILES string of the molecule is CCN(CC)CC1CN(CC[C@H](CSc2ccccc2)Nc2ccc(S(N)(=O)=O)cc2S(=O)(=O)C(F)(F)F)CCO1. The van der Waals surface area contributed by atoms with E-state index in [4.69, 9.17) is 9.88 Å². The molecular formula is C26H37F3N4O5S3. The largest absolute Gasteiger partial charge is 0.501 e. The van der Waals surface area contributed by atoms with Gasteiger partial charge in [0.25, 0.3) is 9.84 Å². The Bertz CT molecular complexity index is 1340. The lowest BCUT2D eigenvalue weighted by Gasteiger charge is -2.36. The van der Waals surface area contributed by atoms with Crippen molar-refractivity contribution in [2.24, 2.45) is 5.14 Å². The van der Waals surface area contributed by atoms with E-state index in [1.165, 1.54) is 11.8 Å². The first-order valence-electron chi connectivity index (χ1n) is 13.2. The Balaban J connectivity index is 1.85. The van der Waals surface area contributed by atoms with Crippen LogP contribution in [-0.4, -0.2) is 95.9 Å². The number of benzene rings is 2. The minimum Gasteiger partial charge on any atom is -0.380 e. The Morgan fingerprint density at radius 1 is 1.12 bits per heavy atom. The van der Waals surface area contributed by atoms with Crippen molar-refractivity contribution in [2.75, 3.05) is 56.9 Å². The van der Waals surface area contributed by atoms with Crippen LogP contribution in [0, 0.1) is 0 Å². The molecule has 3 N–H and O–H groups in total. The minimum absolute atomic E-state index is 0.0306. The lowest BCUT2D eigenvalue weighted by atomic mass is 10.1. The van der Waals surface area contributed by atoms with Crippen LogP contribution in [0.15, 0.2) is 63.2 Å². The summed E-state index contributed by atoms with van der Waals surface area (Å²) in [6.07, 6.45) is 0.517. The van der Waals surface area contributed by atoms with E-state index in [9.17, 15) is 30.0 Å². The third-order valence-electron chi connectivity index (χ3n) is 6.80. The fraction of sp³-hybridized carbons (Fsp3) is 0.538. The molecule has 0 aromatic heterocycles. The third-order valence-corrected chi connectivity index (χ3v) is 10.4. The van der Waals surface area contributed by atoms with Gasteiger partial charge in [-0.1, -0.05) is 32.0 Å². The van der Waals surface area contributed by atoms with Crippen molar-refractivity contribution in [3.63, 3.8) is 0 Å². The molecule has 1 aliphatic heterocycles. The van der Waals surface area contributed by atoms with Gasteiger partial charge in [0.1, 0.15) is 4.90 Å². The van der Waals surface area contributed by atoms with Crippen molar-refractivity contribution < 1.29 is 34.7 Å². The second-order valence-corrected chi connectivity index (χ2v) is 14.2. The highest BCUT2D eigenvalue weighted by atomic mass is 32.2. The number of sulfonamides is 1. The van der Waals surface area contributed by atoms with Gasteiger partial charge in [-0.25, -0.2) is 22.0 Å². The first kappa shape index (κ1) is 33.6. The molecule has 2 aromatic rings. The number of ether oxygens (including phenoxy) is 1. The first-order chi connectivity index (χ1) is 19.2. The van der Waals surface area contributed by atoms with Gasteiger partial charge in [0.15, 0.2) is 0 Å². The summed E-state index contributed by atoms with van der Waals surface area (Å²) in [5.74, 6) is 0.416. The van der Waals surface area contributed by atoms with Crippen LogP contribution in [0.3, 0.4) is 0 Å². The van der Waals surface area contributed by atoms with Gasteiger partial charge in [0, 0.05) is 42.9 Å². The molecule has 0 amide bonds. The maximum atomic E-state index is 13.6. The Morgan fingerprint density at radius 3 is 2.41 bits per heavy atom. The molecule has 9 nitrogen and oxygen atoms in total. The van der Waals surface area contributed by atoms with E-state index in [2.05, 4.69) is 29.0 Å². The number of nitrogens with two attached hydrogens (primary N) is 1. The lowest BCUT2D eigenvalue weighted by molar-refractivity contribution is -0.0436. The highest BCUT2D eigenvalue weighted by Gasteiger charge is 2.48. The maximum Gasteiger partial charge on any atom is 0.501 e. The van der Waals surface area contributed by atoms with Crippen LogP contribution in [-0.2, 0) is 24.6 Å². The molecule has 0 bridgehead atoms. The fourth-order valence-corrected chi connectivity index (χ4v) is 7.03. The van der Waals surface area contributed by atoms with E-state index < -0.39 is 41.2 Å². The fourth-order valence-electron chi connectivity index (χ4n) is 4.48. The topological polar surface area (TPSA) is 122 Å². The van der Waals surface area contributed by atoms with Gasteiger partial charge in [-0.2, -0.15) is 13.2 Å². The summed E-state index contributed by atoms with van der Waals surface area (Å²) >= 11 is 1.48. The predicted molar refractivity (Wildman–Crippen MR) is 154 cm³/mol. The zero-order valence-electron chi connectivity index (χ0n) is 23.0. The molecule has 0 spiro atoms. The zero-order valence-corrected chi connectivity index (χ0v) is 25.5. The van der Waals surface area contributed by atoms with Gasteiger partial charge in [0.05, 0.1) is 23.3 Å². The number of morpholine rings is 1. The second kappa shape index (κ2) is 14.5. The summed E-state index contributed by atoms with van der Waals surface area (Å²) in [4.78, 5) is 3.54. The van der Waals surface area contributed by atoms with E-state index in [1.807, 2.05) is 30.3 Å². The molecule has 1 saturated heterocycles. The molecule has 1 fully saturated rings. The number of hydrogen-bond acceptors (Lipinski definition) is 9. The Kier molecular flexibility index (Phi) is 11.9. The Morgan fingerprint density at radius 2 is 1.80 bits per heavy atom. The molecule has 1 heterocycles. The van der Waals surface area contributed by atoms with E-state index in [1.54, 1.807) is 0 Å². The normalized spacial score (nSPS) is 18.0. The van der Waals surface area contributed by atoms with Crippen LogP contribution < -0.4 is 10.5 Å². The van der Waals surface area contributed by atoms with Crippen molar-refractivity contribution in [2.45, 2.75) is 52.6 Å². The molecule has 2 aromatic carbocycles. The third kappa shape index (κ3) is 9.56. The van der Waals surface area contributed by atoms with Crippen LogP contribution in [0.4, 0.5) is 18.9 Å². The van der Waals surface area contributed by atoms with Crippen LogP contribution in [0.1, 0.15) is 20.3 Å². The second-order valence-electron chi connectivity index (χ2n) is 9.69. The number of halogens is 3. The highest BCUT2D eigenvalue weighted by Crippen LogP contribution is 2.36. The van der Waals surface area contributed by atoms with E-state index >= 15 is 0 Å². The van der Waals surface area contributed by atoms with E-state index in [0.717, 1.165) is 36.7 Å². The number of alkyl halides is 3. The Hall–Kier alpha value is -1.88. The molecule has 2 atom stereocenters. The first-order valence-corrected chi connectivity index (χ1v) is 17.2. The molecule has 230 valence electrons. The van der Waals surface area contributed by atoms with Crippen LogP contribution in [0.5, 0.6) is 0 Å². The average molecular weight is 639 g/mol. The summed E-state index contributed by atoms with van der Waals surface area (Å²) in [7, 11) is -10.3. The average Bonchev–Trinajstić information content (AvgIpc) is 2.92. The molecule has 15 heteroatoms. The minimum atomic E-state index is -5.88. The predicted octanol–water partition coefficient (Wildman–Crippen LogP) is 3.63. The quantitative estimate of drug-likeness (QED) is 0.299. The van der Waals surface area contributed by atoms with E-state index in [-0.39, 0.29) is 11.8 Å². The summed E-state index contributed by atoms with van der Waals surface area (Å²) in [6.45, 7) is 9.35. The van der Waals surface area contributed by atoms with Gasteiger partial charge in [-0.15, -0.1) is 11.8 Å². The number of thioether (sulfide) groups is 1. The van der Waals surface area contributed by atoms with Gasteiger partial charge >= 0.3 is 5.51 Å². The zero-order chi connectivity index (χ0) is 30.3. The Labute approximate surface area is 244 Å². The maximum absolute atomic E-state index is 13.6. The number of anilines is 1. The van der Waals surface area contributed by atoms with Crippen molar-refractivity contribution in [1.29, 1.82) is 0 Å². The van der Waals surface area contributed by atoms with Crippen LogP contribution in [0.25, 0.3) is 0 Å².